The fourth-order valence-corrected chi connectivity index (χ4v) is 6.64. The van der Waals surface area contributed by atoms with Crippen molar-refractivity contribution in [3.05, 3.63) is 73.9 Å². The van der Waals surface area contributed by atoms with Crippen molar-refractivity contribution in [3.63, 3.8) is 0 Å². The molecule has 0 N–H and O–H groups in total. The third-order valence-electron chi connectivity index (χ3n) is 7.12. The highest BCUT2D eigenvalue weighted by atomic mass is 127. The Labute approximate surface area is 233 Å². The maximum atomic E-state index is 13.7. The van der Waals surface area contributed by atoms with Crippen molar-refractivity contribution in [3.8, 4) is 0 Å². The van der Waals surface area contributed by atoms with Gasteiger partial charge in [0.05, 0.1) is 30.5 Å². The molecule has 1 unspecified atom stereocenters. The van der Waals surface area contributed by atoms with Gasteiger partial charge in [-0.05, 0) is 34.7 Å². The number of rotatable bonds is 7. The van der Waals surface area contributed by atoms with Crippen LogP contribution in [0, 0.1) is 0 Å². The van der Waals surface area contributed by atoms with Crippen LogP contribution in [0.1, 0.15) is 34.5 Å². The van der Waals surface area contributed by atoms with E-state index in [1.54, 1.807) is 24.4 Å². The topological polar surface area (TPSA) is 62.4 Å². The molecule has 1 aromatic carbocycles. The molecule has 1 fully saturated rings. The van der Waals surface area contributed by atoms with E-state index in [1.165, 1.54) is 10.5 Å². The molecule has 4 heterocycles. The summed E-state index contributed by atoms with van der Waals surface area (Å²) in [6, 6.07) is 6.66. The summed E-state index contributed by atoms with van der Waals surface area (Å²) in [7, 11) is 2.12. The average molecular weight is 662 g/mol. The van der Waals surface area contributed by atoms with Gasteiger partial charge in [0.15, 0.2) is 0 Å². The van der Waals surface area contributed by atoms with Gasteiger partial charge in [0.25, 0.3) is 12.0 Å². The lowest BCUT2D eigenvalue weighted by atomic mass is 10.0. The molecular formula is C24H28ClF2IN7OP. The van der Waals surface area contributed by atoms with Gasteiger partial charge < -0.3 is 9.80 Å². The number of fused-ring (bicyclic) bond motifs is 1. The summed E-state index contributed by atoms with van der Waals surface area (Å²) in [5, 5.41) is 9.42. The fraction of sp³-hybridized carbons (Fsp3) is 0.458. The van der Waals surface area contributed by atoms with Crippen LogP contribution >= 0.6 is 40.0 Å². The van der Waals surface area contributed by atoms with E-state index in [2.05, 4.69) is 48.9 Å². The molecule has 0 radical (unpaired) electrons. The van der Waals surface area contributed by atoms with E-state index in [-0.39, 0.29) is 22.5 Å². The van der Waals surface area contributed by atoms with Crippen molar-refractivity contribution in [1.82, 2.24) is 29.1 Å². The summed E-state index contributed by atoms with van der Waals surface area (Å²) in [5.74, 6) is 0. The predicted octanol–water partition coefficient (Wildman–Crippen LogP) is 4.18. The first-order valence-electron chi connectivity index (χ1n) is 12.1. The largest absolute Gasteiger partial charge is 0.364 e. The predicted molar refractivity (Wildman–Crippen MR) is 151 cm³/mol. The second-order valence-corrected chi connectivity index (χ2v) is 11.8. The Hall–Kier alpha value is -1.66. The van der Waals surface area contributed by atoms with E-state index in [0.717, 1.165) is 43.1 Å². The number of hydrogen-bond acceptors (Lipinski definition) is 6. The zero-order valence-corrected chi connectivity index (χ0v) is 24.3. The Kier molecular flexibility index (Phi) is 8.45. The number of nitrogens with zero attached hydrogens (tertiary/aromatic N) is 7. The summed E-state index contributed by atoms with van der Waals surface area (Å²) in [4.78, 5) is 19.4. The van der Waals surface area contributed by atoms with Gasteiger partial charge >= 0.3 is 0 Å². The van der Waals surface area contributed by atoms with Crippen molar-refractivity contribution in [2.75, 3.05) is 44.7 Å². The number of anilines is 1. The monoisotopic (exact) mass is 661 g/mol. The summed E-state index contributed by atoms with van der Waals surface area (Å²) in [6.07, 6.45) is -0.0503. The van der Waals surface area contributed by atoms with Gasteiger partial charge in [0.2, 0.25) is 0 Å². The second kappa shape index (κ2) is 11.6. The third-order valence-corrected chi connectivity index (χ3v) is 9.32. The molecule has 2 aliphatic heterocycles. The lowest BCUT2D eigenvalue weighted by Gasteiger charge is -2.33. The lowest BCUT2D eigenvalue weighted by Crippen LogP contribution is -2.44. The molecule has 0 amide bonds. The van der Waals surface area contributed by atoms with Gasteiger partial charge in [0, 0.05) is 69.1 Å². The summed E-state index contributed by atoms with van der Waals surface area (Å²) >= 11 is 8.59. The molecule has 1 atom stereocenters. The first kappa shape index (κ1) is 26.9. The van der Waals surface area contributed by atoms with Gasteiger partial charge in [-0.1, -0.05) is 35.9 Å². The average Bonchev–Trinajstić information content (AvgIpc) is 3.23. The van der Waals surface area contributed by atoms with E-state index in [1.807, 2.05) is 4.68 Å². The number of halogens is 4. The SMILES string of the molecule is CN1CCN(Cc2nn(Cc3ccccc3C(F)F)c3c2CN(c2cnn(PI)c(=O)c2Cl)CC3)CC1. The Bertz CT molecular complexity index is 1330. The van der Waals surface area contributed by atoms with Crippen molar-refractivity contribution >= 4 is 45.7 Å². The Morgan fingerprint density at radius 1 is 1.14 bits per heavy atom. The zero-order chi connectivity index (χ0) is 26.1. The molecule has 8 nitrogen and oxygen atoms in total. The number of benzene rings is 1. The first-order chi connectivity index (χ1) is 17.9. The Morgan fingerprint density at radius 3 is 2.62 bits per heavy atom. The summed E-state index contributed by atoms with van der Waals surface area (Å²) in [5.41, 5.74) is 4.02. The van der Waals surface area contributed by atoms with Gasteiger partial charge in [-0.3, -0.25) is 14.4 Å². The number of likely N-dealkylation sites (N-methyl/N-ethyl adjacent to an activating group) is 1. The normalized spacial score (nSPS) is 17.3. The van der Waals surface area contributed by atoms with Crippen LogP contribution in [0.2, 0.25) is 5.02 Å². The summed E-state index contributed by atoms with van der Waals surface area (Å²) in [6.45, 7) is 6.02. The van der Waals surface area contributed by atoms with Gasteiger partial charge in [-0.2, -0.15) is 10.2 Å². The third kappa shape index (κ3) is 5.71. The highest BCUT2D eigenvalue weighted by molar-refractivity contribution is 14.2. The Balaban J connectivity index is 1.49. The standard InChI is InChI=1S/C24H28ClF2IN7OP/c1-31-8-10-32(11-9-31)15-19-18-14-33(21-12-29-35(37-28)24(36)22(21)25)7-6-20(18)34(30-19)13-16-4-2-3-5-17(16)23(26)27/h2-5,12,23,37H,6-11,13-15H2,1H3. The molecule has 13 heteroatoms. The fourth-order valence-electron chi connectivity index (χ4n) is 5.00. The van der Waals surface area contributed by atoms with E-state index in [9.17, 15) is 13.6 Å². The van der Waals surface area contributed by atoms with Crippen molar-refractivity contribution < 1.29 is 8.78 Å². The Morgan fingerprint density at radius 2 is 1.89 bits per heavy atom. The van der Waals surface area contributed by atoms with Gasteiger partial charge in [-0.15, -0.1) is 0 Å². The van der Waals surface area contributed by atoms with Gasteiger partial charge in [0.1, 0.15) is 5.02 Å². The van der Waals surface area contributed by atoms with Crippen LogP contribution in [-0.4, -0.2) is 68.9 Å². The minimum Gasteiger partial charge on any atom is -0.364 e. The molecular weight excluding hydrogens is 634 g/mol. The van der Waals surface area contributed by atoms with Crippen LogP contribution in [0.15, 0.2) is 35.3 Å². The highest BCUT2D eigenvalue weighted by Gasteiger charge is 2.29. The zero-order valence-electron chi connectivity index (χ0n) is 20.4. The molecule has 1 saturated heterocycles. The van der Waals surface area contributed by atoms with Crippen molar-refractivity contribution in [2.24, 2.45) is 0 Å². The molecule has 3 aromatic rings. The molecule has 0 spiro atoms. The molecule has 0 saturated carbocycles. The van der Waals surface area contributed by atoms with Gasteiger partial charge in [-0.25, -0.2) is 13.2 Å². The maximum Gasteiger partial charge on any atom is 0.291 e. The molecule has 5 rings (SSSR count). The van der Waals surface area contributed by atoms with E-state index in [0.29, 0.717) is 43.9 Å². The van der Waals surface area contributed by atoms with Crippen LogP contribution in [0.4, 0.5) is 14.5 Å². The number of alkyl halides is 2. The first-order valence-corrected chi connectivity index (χ1v) is 16.5. The number of aromatic nitrogens is 4. The van der Waals surface area contributed by atoms with E-state index < -0.39 is 6.43 Å². The van der Waals surface area contributed by atoms with Crippen LogP contribution in [0.5, 0.6) is 0 Å². The molecule has 37 heavy (non-hydrogen) atoms. The molecule has 2 aliphatic rings. The van der Waals surface area contributed by atoms with Crippen LogP contribution in [0.25, 0.3) is 0 Å². The second-order valence-electron chi connectivity index (χ2n) is 9.43. The minimum absolute atomic E-state index is 0.0409. The highest BCUT2D eigenvalue weighted by Crippen LogP contribution is 2.32. The molecule has 2 aromatic heterocycles. The van der Waals surface area contributed by atoms with E-state index >= 15 is 0 Å². The molecule has 198 valence electrons. The van der Waals surface area contributed by atoms with Crippen LogP contribution < -0.4 is 10.5 Å². The quantitative estimate of drug-likeness (QED) is 0.280. The maximum absolute atomic E-state index is 13.7. The number of hydrogen-bond donors (Lipinski definition) is 0. The van der Waals surface area contributed by atoms with Crippen LogP contribution in [0.3, 0.4) is 0 Å². The van der Waals surface area contributed by atoms with Crippen molar-refractivity contribution in [2.45, 2.75) is 32.5 Å². The van der Waals surface area contributed by atoms with Crippen LogP contribution in [-0.2, 0) is 26.1 Å². The smallest absolute Gasteiger partial charge is 0.291 e. The van der Waals surface area contributed by atoms with Crippen molar-refractivity contribution in [1.29, 1.82) is 0 Å². The molecule has 0 aliphatic carbocycles. The number of piperazine rings is 1. The lowest BCUT2D eigenvalue weighted by molar-refractivity contribution is 0.146. The molecule has 0 bridgehead atoms. The van der Waals surface area contributed by atoms with E-state index in [4.69, 9.17) is 16.7 Å². The summed E-state index contributed by atoms with van der Waals surface area (Å²) < 4.78 is 30.6. The minimum atomic E-state index is -2.54.